The van der Waals surface area contributed by atoms with Gasteiger partial charge in [-0.3, -0.25) is 9.36 Å². The van der Waals surface area contributed by atoms with Crippen LogP contribution in [0.15, 0.2) is 34.8 Å². The van der Waals surface area contributed by atoms with E-state index in [9.17, 15) is 4.79 Å². The number of rotatable bonds is 6. The van der Waals surface area contributed by atoms with Crippen LogP contribution in [0, 0.1) is 6.92 Å². The summed E-state index contributed by atoms with van der Waals surface area (Å²) in [5.74, 6) is 1.20. The molecule has 3 aromatic rings. The van der Waals surface area contributed by atoms with Crippen LogP contribution in [0.3, 0.4) is 0 Å². The molecule has 0 bridgehead atoms. The molecular formula is C22H26N4OS2. The van der Waals surface area contributed by atoms with E-state index in [0.717, 1.165) is 23.1 Å². The average Bonchev–Trinajstić information content (AvgIpc) is 3.32. The second kappa shape index (κ2) is 8.71. The van der Waals surface area contributed by atoms with Crippen LogP contribution >= 0.6 is 23.1 Å². The quantitative estimate of drug-likeness (QED) is 0.528. The highest BCUT2D eigenvalue weighted by molar-refractivity contribution is 7.99. The van der Waals surface area contributed by atoms with Gasteiger partial charge in [-0.25, -0.2) is 0 Å². The van der Waals surface area contributed by atoms with Gasteiger partial charge in [0.2, 0.25) is 5.91 Å². The van der Waals surface area contributed by atoms with Crippen molar-refractivity contribution in [2.75, 3.05) is 11.1 Å². The van der Waals surface area contributed by atoms with Crippen molar-refractivity contribution < 1.29 is 4.79 Å². The zero-order valence-corrected chi connectivity index (χ0v) is 18.7. The molecule has 0 spiro atoms. The molecule has 1 N–H and O–H groups in total. The Labute approximate surface area is 179 Å². The van der Waals surface area contributed by atoms with Gasteiger partial charge in [0.25, 0.3) is 0 Å². The van der Waals surface area contributed by atoms with E-state index < -0.39 is 0 Å². The van der Waals surface area contributed by atoms with Crippen molar-refractivity contribution in [3.8, 4) is 11.4 Å². The highest BCUT2D eigenvalue weighted by atomic mass is 32.2. The number of fused-ring (bicyclic) bond motifs is 1. The number of nitrogens with zero attached hydrogens (tertiary/aromatic N) is 3. The largest absolute Gasteiger partial charge is 0.325 e. The van der Waals surface area contributed by atoms with Gasteiger partial charge in [-0.1, -0.05) is 29.5 Å². The number of amides is 1. The molecule has 0 atom stereocenters. The van der Waals surface area contributed by atoms with Crippen LogP contribution in [0.4, 0.5) is 5.69 Å². The van der Waals surface area contributed by atoms with Gasteiger partial charge in [0, 0.05) is 27.5 Å². The summed E-state index contributed by atoms with van der Waals surface area (Å²) in [5, 5.41) is 14.9. The smallest absolute Gasteiger partial charge is 0.234 e. The minimum Gasteiger partial charge on any atom is -0.325 e. The van der Waals surface area contributed by atoms with E-state index in [1.807, 2.05) is 42.5 Å². The molecule has 0 radical (unpaired) electrons. The number of aryl methyl sites for hydroxylation is 2. The summed E-state index contributed by atoms with van der Waals surface area (Å²) in [6, 6.07) is 8.05. The van der Waals surface area contributed by atoms with Crippen molar-refractivity contribution >= 4 is 34.7 Å². The van der Waals surface area contributed by atoms with Crippen molar-refractivity contribution in [2.24, 2.45) is 0 Å². The predicted octanol–water partition coefficient (Wildman–Crippen LogP) is 5.51. The standard InChI is InChI=1S/C22H26N4OS2/c1-14(2)26-21(18-12-28-19-7-5-4-6-17(18)19)24-25-22(26)29-13-20(27)23-16-10-8-15(3)9-11-16/h8-12,14H,4-7,13H2,1-3H3,(H,23,27). The highest BCUT2D eigenvalue weighted by Crippen LogP contribution is 2.37. The number of carbonyl (C=O) groups excluding carboxylic acids is 1. The fraction of sp³-hybridized carbons (Fsp3) is 0.409. The molecule has 0 saturated heterocycles. The molecule has 2 aromatic heterocycles. The number of thioether (sulfide) groups is 1. The van der Waals surface area contributed by atoms with Gasteiger partial charge < -0.3 is 5.32 Å². The maximum Gasteiger partial charge on any atom is 0.234 e. The normalized spacial score (nSPS) is 13.5. The Balaban J connectivity index is 1.50. The first-order chi connectivity index (χ1) is 14.0. The van der Waals surface area contributed by atoms with Gasteiger partial charge in [0.05, 0.1) is 5.75 Å². The monoisotopic (exact) mass is 426 g/mol. The number of anilines is 1. The van der Waals surface area contributed by atoms with Crippen molar-refractivity contribution in [1.82, 2.24) is 14.8 Å². The van der Waals surface area contributed by atoms with E-state index >= 15 is 0 Å². The molecule has 29 heavy (non-hydrogen) atoms. The predicted molar refractivity (Wildman–Crippen MR) is 121 cm³/mol. The number of carbonyl (C=O) groups is 1. The first kappa shape index (κ1) is 20.2. The van der Waals surface area contributed by atoms with Crippen molar-refractivity contribution in [3.63, 3.8) is 0 Å². The van der Waals surface area contributed by atoms with E-state index in [-0.39, 0.29) is 11.9 Å². The molecule has 2 heterocycles. The zero-order chi connectivity index (χ0) is 20.4. The van der Waals surface area contributed by atoms with Gasteiger partial charge in [0.1, 0.15) is 0 Å². The van der Waals surface area contributed by atoms with Gasteiger partial charge in [-0.2, -0.15) is 0 Å². The average molecular weight is 427 g/mol. The molecule has 1 aromatic carbocycles. The fourth-order valence-electron chi connectivity index (χ4n) is 3.67. The molecular weight excluding hydrogens is 400 g/mol. The third-order valence-corrected chi connectivity index (χ3v) is 7.18. The summed E-state index contributed by atoms with van der Waals surface area (Å²) in [5.41, 5.74) is 4.66. The maximum atomic E-state index is 12.4. The van der Waals surface area contributed by atoms with Crippen LogP contribution in [0.25, 0.3) is 11.4 Å². The molecule has 1 amide bonds. The number of hydrogen-bond donors (Lipinski definition) is 1. The van der Waals surface area contributed by atoms with E-state index in [4.69, 9.17) is 0 Å². The minimum absolute atomic E-state index is 0.0355. The van der Waals surface area contributed by atoms with Gasteiger partial charge in [-0.05, 0) is 64.2 Å². The van der Waals surface area contributed by atoms with E-state index in [2.05, 4.69) is 39.3 Å². The molecule has 1 aliphatic rings. The van der Waals surface area contributed by atoms with E-state index in [1.165, 1.54) is 52.6 Å². The van der Waals surface area contributed by atoms with E-state index in [1.54, 1.807) is 0 Å². The number of nitrogens with one attached hydrogen (secondary N) is 1. The summed E-state index contributed by atoms with van der Waals surface area (Å²) in [6.45, 7) is 6.31. The maximum absolute atomic E-state index is 12.4. The molecule has 0 fully saturated rings. The number of benzene rings is 1. The fourth-order valence-corrected chi connectivity index (χ4v) is 5.66. The molecule has 0 aliphatic heterocycles. The molecule has 1 aliphatic carbocycles. The molecule has 4 rings (SSSR count). The van der Waals surface area contributed by atoms with Crippen LogP contribution in [-0.4, -0.2) is 26.4 Å². The molecule has 152 valence electrons. The second-order valence-corrected chi connectivity index (χ2v) is 9.64. The van der Waals surface area contributed by atoms with Crippen LogP contribution in [0.5, 0.6) is 0 Å². The topological polar surface area (TPSA) is 59.8 Å². The summed E-state index contributed by atoms with van der Waals surface area (Å²) < 4.78 is 2.17. The number of aromatic nitrogens is 3. The van der Waals surface area contributed by atoms with Crippen LogP contribution in [0.2, 0.25) is 0 Å². The zero-order valence-electron chi connectivity index (χ0n) is 17.1. The lowest BCUT2D eigenvalue weighted by Gasteiger charge is -2.16. The van der Waals surface area contributed by atoms with Crippen molar-refractivity contribution in [1.29, 1.82) is 0 Å². The minimum atomic E-state index is -0.0355. The van der Waals surface area contributed by atoms with Gasteiger partial charge in [-0.15, -0.1) is 21.5 Å². The van der Waals surface area contributed by atoms with Crippen molar-refractivity contribution in [2.45, 2.75) is 57.7 Å². The lowest BCUT2D eigenvalue weighted by atomic mass is 9.95. The Morgan fingerprint density at radius 1 is 1.21 bits per heavy atom. The molecule has 7 heteroatoms. The third kappa shape index (κ3) is 4.41. The van der Waals surface area contributed by atoms with Gasteiger partial charge >= 0.3 is 0 Å². The third-order valence-electron chi connectivity index (χ3n) is 5.15. The summed E-state index contributed by atoms with van der Waals surface area (Å²) in [6.07, 6.45) is 4.82. The van der Waals surface area contributed by atoms with Crippen LogP contribution in [0.1, 0.15) is 48.7 Å². The molecule has 0 saturated carbocycles. The lowest BCUT2D eigenvalue weighted by Crippen LogP contribution is -2.15. The SMILES string of the molecule is Cc1ccc(NC(=O)CSc2nnc(-c3csc4c3CCCC4)n2C(C)C)cc1. The Kier molecular flexibility index (Phi) is 6.06. The second-order valence-electron chi connectivity index (χ2n) is 7.73. The highest BCUT2D eigenvalue weighted by Gasteiger charge is 2.23. The van der Waals surface area contributed by atoms with E-state index in [0.29, 0.717) is 5.75 Å². The Bertz CT molecular complexity index is 1000. The number of thiophene rings is 1. The summed E-state index contributed by atoms with van der Waals surface area (Å²) >= 11 is 3.29. The van der Waals surface area contributed by atoms with Crippen LogP contribution in [-0.2, 0) is 17.6 Å². The Morgan fingerprint density at radius 2 is 1.97 bits per heavy atom. The number of hydrogen-bond acceptors (Lipinski definition) is 5. The Morgan fingerprint density at radius 3 is 2.72 bits per heavy atom. The summed E-state index contributed by atoms with van der Waals surface area (Å²) in [7, 11) is 0. The van der Waals surface area contributed by atoms with Gasteiger partial charge in [0.15, 0.2) is 11.0 Å². The lowest BCUT2D eigenvalue weighted by molar-refractivity contribution is -0.113. The van der Waals surface area contributed by atoms with Crippen LogP contribution < -0.4 is 5.32 Å². The van der Waals surface area contributed by atoms with Crippen molar-refractivity contribution in [3.05, 3.63) is 45.6 Å². The first-order valence-electron chi connectivity index (χ1n) is 10.1. The molecule has 5 nitrogen and oxygen atoms in total. The summed E-state index contributed by atoms with van der Waals surface area (Å²) in [4.78, 5) is 13.9. The Hall–Kier alpha value is -2.12. The molecule has 0 unspecified atom stereocenters. The first-order valence-corrected chi connectivity index (χ1v) is 11.9.